The van der Waals surface area contributed by atoms with Gasteiger partial charge in [-0.15, -0.1) is 11.3 Å². The van der Waals surface area contributed by atoms with E-state index >= 15 is 0 Å². The normalized spacial score (nSPS) is 18.8. The molecule has 0 spiro atoms. The van der Waals surface area contributed by atoms with Gasteiger partial charge in [0.15, 0.2) is 0 Å². The van der Waals surface area contributed by atoms with E-state index in [1.807, 2.05) is 30.3 Å². The number of carbonyl (C=O) groups excluding carboxylic acids is 1. The Bertz CT molecular complexity index is 1020. The number of hydrogen-bond acceptors (Lipinski definition) is 4. The predicted octanol–water partition coefficient (Wildman–Crippen LogP) is 4.81. The molecular formula is C22H20ClN3OS. The molecule has 1 unspecified atom stereocenters. The van der Waals surface area contributed by atoms with E-state index in [-0.39, 0.29) is 12.1 Å². The van der Waals surface area contributed by atoms with E-state index in [1.54, 1.807) is 11.3 Å². The van der Waals surface area contributed by atoms with Crippen molar-refractivity contribution in [3.05, 3.63) is 86.8 Å². The third kappa shape index (κ3) is 3.30. The maximum atomic E-state index is 12.9. The third-order valence-electron chi connectivity index (χ3n) is 5.37. The highest BCUT2D eigenvalue weighted by Crippen LogP contribution is 2.41. The topological polar surface area (TPSA) is 44.4 Å². The number of carbonyl (C=O) groups is 1. The lowest BCUT2D eigenvalue weighted by Gasteiger charge is -2.28. The Kier molecular flexibility index (Phi) is 4.59. The number of benzene rings is 2. The van der Waals surface area contributed by atoms with E-state index < -0.39 is 0 Å². The van der Waals surface area contributed by atoms with Crippen LogP contribution in [0.4, 0.5) is 5.00 Å². The molecule has 0 fully saturated rings. The summed E-state index contributed by atoms with van der Waals surface area (Å²) in [5, 5.41) is 8.28. The van der Waals surface area contributed by atoms with Gasteiger partial charge >= 0.3 is 0 Å². The zero-order chi connectivity index (χ0) is 19.1. The van der Waals surface area contributed by atoms with Crippen molar-refractivity contribution in [2.45, 2.75) is 25.7 Å². The molecule has 142 valence electrons. The monoisotopic (exact) mass is 409 g/mol. The molecule has 1 amide bonds. The minimum atomic E-state index is -0.224. The van der Waals surface area contributed by atoms with E-state index in [9.17, 15) is 4.79 Å². The van der Waals surface area contributed by atoms with Crippen LogP contribution in [-0.2, 0) is 19.5 Å². The molecule has 28 heavy (non-hydrogen) atoms. The first-order chi connectivity index (χ1) is 13.7. The van der Waals surface area contributed by atoms with E-state index in [0.29, 0.717) is 5.02 Å². The first-order valence-corrected chi connectivity index (χ1v) is 10.6. The Hall–Kier alpha value is -2.34. The van der Waals surface area contributed by atoms with Gasteiger partial charge in [-0.1, -0.05) is 54.1 Å². The van der Waals surface area contributed by atoms with Crippen LogP contribution in [-0.4, -0.2) is 17.4 Å². The van der Waals surface area contributed by atoms with E-state index in [4.69, 9.17) is 11.6 Å². The number of nitrogens with zero attached hydrogens (tertiary/aromatic N) is 1. The van der Waals surface area contributed by atoms with Gasteiger partial charge < -0.3 is 10.6 Å². The van der Waals surface area contributed by atoms with Crippen LogP contribution in [0.5, 0.6) is 0 Å². The number of thiophene rings is 1. The van der Waals surface area contributed by atoms with E-state index in [0.717, 1.165) is 42.2 Å². The molecule has 2 aromatic carbocycles. The fourth-order valence-electron chi connectivity index (χ4n) is 3.97. The minimum absolute atomic E-state index is 0.0164. The second-order valence-corrected chi connectivity index (χ2v) is 8.80. The van der Waals surface area contributed by atoms with Gasteiger partial charge in [0, 0.05) is 29.5 Å². The molecule has 1 atom stereocenters. The van der Waals surface area contributed by atoms with Crippen LogP contribution >= 0.6 is 22.9 Å². The summed E-state index contributed by atoms with van der Waals surface area (Å²) in [5.74, 6) is 0.0164. The summed E-state index contributed by atoms with van der Waals surface area (Å²) in [5.41, 5.74) is 4.37. The quantitative estimate of drug-likeness (QED) is 0.652. The molecule has 0 saturated carbocycles. The molecule has 3 aromatic rings. The molecule has 6 heteroatoms. The van der Waals surface area contributed by atoms with Gasteiger partial charge in [0.25, 0.3) is 5.91 Å². The van der Waals surface area contributed by atoms with Crippen molar-refractivity contribution >= 4 is 33.8 Å². The summed E-state index contributed by atoms with van der Waals surface area (Å²) >= 11 is 7.71. The number of amides is 1. The van der Waals surface area contributed by atoms with Crippen molar-refractivity contribution in [3.8, 4) is 0 Å². The summed E-state index contributed by atoms with van der Waals surface area (Å²) in [4.78, 5) is 16.6. The van der Waals surface area contributed by atoms with Crippen LogP contribution in [0.2, 0.25) is 5.02 Å². The number of rotatable bonds is 3. The maximum absolute atomic E-state index is 12.9. The van der Waals surface area contributed by atoms with Crippen molar-refractivity contribution < 1.29 is 4.79 Å². The molecule has 0 bridgehead atoms. The second-order valence-electron chi connectivity index (χ2n) is 7.26. The third-order valence-corrected chi connectivity index (χ3v) is 6.77. The molecule has 1 aromatic heterocycles. The number of anilines is 1. The maximum Gasteiger partial charge on any atom is 0.256 e. The lowest BCUT2D eigenvalue weighted by Crippen LogP contribution is -2.38. The Morgan fingerprint density at radius 1 is 1.07 bits per heavy atom. The molecular weight excluding hydrogens is 390 g/mol. The lowest BCUT2D eigenvalue weighted by molar-refractivity contribution is 0.0934. The number of nitrogens with one attached hydrogen (secondary N) is 2. The molecule has 0 radical (unpaired) electrons. The number of hydrogen-bond donors (Lipinski definition) is 2. The molecule has 0 aliphatic carbocycles. The zero-order valence-corrected chi connectivity index (χ0v) is 16.8. The highest BCUT2D eigenvalue weighted by atomic mass is 35.5. The first-order valence-electron chi connectivity index (χ1n) is 9.41. The van der Waals surface area contributed by atoms with Gasteiger partial charge in [0.1, 0.15) is 11.2 Å². The summed E-state index contributed by atoms with van der Waals surface area (Å²) in [6.07, 6.45) is 0.687. The van der Waals surface area contributed by atoms with Crippen LogP contribution < -0.4 is 10.6 Å². The number of halogens is 1. The van der Waals surface area contributed by atoms with Gasteiger partial charge in [-0.25, -0.2) is 0 Å². The summed E-state index contributed by atoms with van der Waals surface area (Å²) in [6, 6.07) is 18.1. The largest absolute Gasteiger partial charge is 0.353 e. The first kappa shape index (κ1) is 17.7. The average Bonchev–Trinajstić information content (AvgIpc) is 3.07. The van der Waals surface area contributed by atoms with Gasteiger partial charge in [0.2, 0.25) is 0 Å². The van der Waals surface area contributed by atoms with Crippen LogP contribution in [0.25, 0.3) is 0 Å². The molecule has 3 heterocycles. The molecule has 2 N–H and O–H groups in total. The predicted molar refractivity (Wildman–Crippen MR) is 114 cm³/mol. The fourth-order valence-corrected chi connectivity index (χ4v) is 5.41. The zero-order valence-electron chi connectivity index (χ0n) is 15.2. The van der Waals surface area contributed by atoms with Crippen LogP contribution in [0, 0.1) is 0 Å². The van der Waals surface area contributed by atoms with Crippen molar-refractivity contribution in [1.82, 2.24) is 10.2 Å². The smallest absolute Gasteiger partial charge is 0.256 e. The molecule has 2 aliphatic heterocycles. The number of fused-ring (bicyclic) bond motifs is 3. The van der Waals surface area contributed by atoms with E-state index in [2.05, 4.69) is 39.8 Å². The van der Waals surface area contributed by atoms with Crippen molar-refractivity contribution in [2.75, 3.05) is 11.9 Å². The highest BCUT2D eigenvalue weighted by molar-refractivity contribution is 7.16. The van der Waals surface area contributed by atoms with Gasteiger partial charge in [0.05, 0.1) is 5.56 Å². The fraction of sp³-hybridized carbons (Fsp3) is 0.227. The van der Waals surface area contributed by atoms with Crippen LogP contribution in [0.1, 0.15) is 38.1 Å². The Labute approximate surface area is 173 Å². The Morgan fingerprint density at radius 3 is 2.64 bits per heavy atom. The molecule has 0 saturated heterocycles. The van der Waals surface area contributed by atoms with Crippen molar-refractivity contribution in [2.24, 2.45) is 0 Å². The van der Waals surface area contributed by atoms with Crippen LogP contribution in [0.3, 0.4) is 0 Å². The molecule has 4 nitrogen and oxygen atoms in total. The standard InChI is InChI=1S/C22H20ClN3OS/c23-16-8-6-15(7-9-16)20-24-21(27)19-17-10-11-26(12-14-4-2-1-3-5-14)13-18(17)28-22(19)25-20/h1-9,20,25H,10-13H2,(H,24,27). The van der Waals surface area contributed by atoms with Gasteiger partial charge in [-0.05, 0) is 35.2 Å². The SMILES string of the molecule is O=C1NC(c2ccc(Cl)cc2)Nc2sc3c(c21)CCN(Cc1ccccc1)C3. The summed E-state index contributed by atoms with van der Waals surface area (Å²) < 4.78 is 0. The van der Waals surface area contributed by atoms with Crippen LogP contribution in [0.15, 0.2) is 54.6 Å². The Morgan fingerprint density at radius 2 is 1.86 bits per heavy atom. The highest BCUT2D eigenvalue weighted by Gasteiger charge is 2.33. The van der Waals surface area contributed by atoms with Crippen molar-refractivity contribution in [1.29, 1.82) is 0 Å². The Balaban J connectivity index is 1.38. The van der Waals surface area contributed by atoms with Gasteiger partial charge in [-0.2, -0.15) is 0 Å². The minimum Gasteiger partial charge on any atom is -0.353 e. The molecule has 5 rings (SSSR count). The molecule has 2 aliphatic rings. The average molecular weight is 410 g/mol. The van der Waals surface area contributed by atoms with Gasteiger partial charge in [-0.3, -0.25) is 9.69 Å². The lowest BCUT2D eigenvalue weighted by atomic mass is 10.00. The summed E-state index contributed by atoms with van der Waals surface area (Å²) in [6.45, 7) is 2.80. The van der Waals surface area contributed by atoms with E-state index in [1.165, 1.54) is 16.0 Å². The summed E-state index contributed by atoms with van der Waals surface area (Å²) in [7, 11) is 0. The second kappa shape index (κ2) is 7.24. The van der Waals surface area contributed by atoms with Crippen molar-refractivity contribution in [3.63, 3.8) is 0 Å².